The van der Waals surface area contributed by atoms with E-state index in [9.17, 15) is 8.78 Å². The Morgan fingerprint density at radius 2 is 1.74 bits per heavy atom. The van der Waals surface area contributed by atoms with Gasteiger partial charge in [-0.05, 0) is 35.9 Å². The summed E-state index contributed by atoms with van der Waals surface area (Å²) < 4.78 is 26.1. The summed E-state index contributed by atoms with van der Waals surface area (Å²) in [5, 5.41) is 6.87. The number of aromatic nitrogens is 3. The van der Waals surface area contributed by atoms with Gasteiger partial charge >= 0.3 is 0 Å². The molecular weight excluding hydrogens is 248 g/mol. The van der Waals surface area contributed by atoms with Gasteiger partial charge in [-0.25, -0.2) is 9.37 Å². The molecule has 3 aromatic rings. The van der Waals surface area contributed by atoms with Gasteiger partial charge in [0.05, 0.1) is 5.69 Å². The lowest BCUT2D eigenvalue weighted by Gasteiger charge is -2.02. The molecule has 0 atom stereocenters. The molecule has 0 saturated carbocycles. The molecule has 0 aliphatic heterocycles. The number of benzene rings is 1. The van der Waals surface area contributed by atoms with Crippen molar-refractivity contribution in [1.29, 1.82) is 0 Å². The molecule has 2 heterocycles. The van der Waals surface area contributed by atoms with Crippen molar-refractivity contribution in [2.45, 2.75) is 0 Å². The predicted octanol–water partition coefficient (Wildman–Crippen LogP) is 3.42. The highest BCUT2D eigenvalue weighted by atomic mass is 19.1. The zero-order valence-corrected chi connectivity index (χ0v) is 9.77. The third kappa shape index (κ3) is 2.22. The van der Waals surface area contributed by atoms with Gasteiger partial charge in [0.1, 0.15) is 5.82 Å². The van der Waals surface area contributed by atoms with Crippen molar-refractivity contribution >= 4 is 0 Å². The van der Waals surface area contributed by atoms with Crippen molar-refractivity contribution in [2.75, 3.05) is 0 Å². The quantitative estimate of drug-likeness (QED) is 0.715. The summed E-state index contributed by atoms with van der Waals surface area (Å²) in [4.78, 5) is 3.52. The number of nitrogens with zero attached hydrogens (tertiary/aromatic N) is 2. The Morgan fingerprint density at radius 1 is 0.947 bits per heavy atom. The Labute approximate surface area is 107 Å². The Morgan fingerprint density at radius 3 is 2.47 bits per heavy atom. The molecule has 1 N–H and O–H groups in total. The lowest BCUT2D eigenvalue weighted by molar-refractivity contribution is 0.584. The summed E-state index contributed by atoms with van der Waals surface area (Å²) in [6.45, 7) is 0. The highest BCUT2D eigenvalue weighted by Gasteiger charge is 2.11. The summed E-state index contributed by atoms with van der Waals surface area (Å²) in [5.41, 5.74) is 2.81. The maximum Gasteiger partial charge on any atom is 0.213 e. The second kappa shape index (κ2) is 4.61. The number of halogens is 2. The first-order valence-electron chi connectivity index (χ1n) is 5.66. The van der Waals surface area contributed by atoms with E-state index in [4.69, 9.17) is 0 Å². The van der Waals surface area contributed by atoms with Gasteiger partial charge in [-0.15, -0.1) is 0 Å². The SMILES string of the molecule is Fc1ccc(-c2n[nH]cc2-c2ccnc(F)c2)cc1. The van der Waals surface area contributed by atoms with Crippen molar-refractivity contribution in [2.24, 2.45) is 0 Å². The molecule has 1 aromatic carbocycles. The summed E-state index contributed by atoms with van der Waals surface area (Å²) in [6.07, 6.45) is 3.07. The highest BCUT2D eigenvalue weighted by molar-refractivity contribution is 5.79. The van der Waals surface area contributed by atoms with Crippen LogP contribution in [0.1, 0.15) is 0 Å². The molecule has 0 unspecified atom stereocenters. The second-order valence-corrected chi connectivity index (χ2v) is 4.02. The van der Waals surface area contributed by atoms with Crippen LogP contribution in [0.15, 0.2) is 48.8 Å². The average molecular weight is 257 g/mol. The zero-order valence-electron chi connectivity index (χ0n) is 9.77. The van der Waals surface area contributed by atoms with Crippen LogP contribution < -0.4 is 0 Å². The van der Waals surface area contributed by atoms with Gasteiger partial charge in [-0.3, -0.25) is 5.10 Å². The molecule has 0 amide bonds. The number of rotatable bonds is 2. The number of H-pyrrole nitrogens is 1. The molecule has 94 valence electrons. The van der Waals surface area contributed by atoms with Crippen molar-refractivity contribution in [3.05, 3.63) is 60.6 Å². The largest absolute Gasteiger partial charge is 0.284 e. The molecule has 2 aromatic heterocycles. The maximum atomic E-state index is 13.2. The fraction of sp³-hybridized carbons (Fsp3) is 0. The van der Waals surface area contributed by atoms with Crippen LogP contribution in [0.25, 0.3) is 22.4 Å². The molecule has 0 aliphatic carbocycles. The van der Waals surface area contributed by atoms with Gasteiger partial charge in [-0.2, -0.15) is 9.49 Å². The molecule has 0 saturated heterocycles. The van der Waals surface area contributed by atoms with E-state index in [1.54, 1.807) is 24.4 Å². The summed E-state index contributed by atoms with van der Waals surface area (Å²) >= 11 is 0. The molecule has 0 spiro atoms. The first kappa shape index (κ1) is 11.5. The molecular formula is C14H9F2N3. The van der Waals surface area contributed by atoms with Crippen molar-refractivity contribution in [3.8, 4) is 22.4 Å². The Hall–Kier alpha value is -2.56. The predicted molar refractivity (Wildman–Crippen MR) is 67.2 cm³/mol. The average Bonchev–Trinajstić information content (AvgIpc) is 2.89. The summed E-state index contributed by atoms with van der Waals surface area (Å²) in [6, 6.07) is 9.01. The van der Waals surface area contributed by atoms with Gasteiger partial charge in [0.15, 0.2) is 0 Å². The standard InChI is InChI=1S/C14H9F2N3/c15-11-3-1-9(2-4-11)14-12(8-18-19-14)10-5-6-17-13(16)7-10/h1-8H,(H,18,19). The normalized spacial score (nSPS) is 10.6. The van der Waals surface area contributed by atoms with E-state index in [1.165, 1.54) is 24.4 Å². The molecule has 19 heavy (non-hydrogen) atoms. The van der Waals surface area contributed by atoms with Crippen LogP contribution >= 0.6 is 0 Å². The maximum absolute atomic E-state index is 13.2. The Kier molecular flexibility index (Phi) is 2.79. The van der Waals surface area contributed by atoms with Gasteiger partial charge in [0.2, 0.25) is 5.95 Å². The van der Waals surface area contributed by atoms with Gasteiger partial charge < -0.3 is 0 Å². The number of hydrogen-bond donors (Lipinski definition) is 1. The van der Waals surface area contributed by atoms with Crippen LogP contribution in [-0.4, -0.2) is 15.2 Å². The highest BCUT2D eigenvalue weighted by Crippen LogP contribution is 2.29. The first-order valence-corrected chi connectivity index (χ1v) is 5.66. The third-order valence-corrected chi connectivity index (χ3v) is 2.80. The van der Waals surface area contributed by atoms with Crippen molar-refractivity contribution in [1.82, 2.24) is 15.2 Å². The van der Waals surface area contributed by atoms with Crippen molar-refractivity contribution < 1.29 is 8.78 Å². The third-order valence-electron chi connectivity index (χ3n) is 2.80. The van der Waals surface area contributed by atoms with Gasteiger partial charge in [0, 0.05) is 29.6 Å². The second-order valence-electron chi connectivity index (χ2n) is 4.02. The molecule has 0 fully saturated rings. The number of hydrogen-bond acceptors (Lipinski definition) is 2. The fourth-order valence-electron chi connectivity index (χ4n) is 1.91. The van der Waals surface area contributed by atoms with Crippen LogP contribution in [0.4, 0.5) is 8.78 Å². The van der Waals surface area contributed by atoms with Gasteiger partial charge in [-0.1, -0.05) is 0 Å². The van der Waals surface area contributed by atoms with E-state index in [1.807, 2.05) is 0 Å². The first-order chi connectivity index (χ1) is 9.24. The molecule has 0 bridgehead atoms. The van der Waals surface area contributed by atoms with E-state index in [-0.39, 0.29) is 5.82 Å². The smallest absolute Gasteiger partial charge is 0.213 e. The summed E-state index contributed by atoms with van der Waals surface area (Å²) in [5.74, 6) is -0.862. The molecule has 3 nitrogen and oxygen atoms in total. The van der Waals surface area contributed by atoms with Crippen molar-refractivity contribution in [3.63, 3.8) is 0 Å². The summed E-state index contributed by atoms with van der Waals surface area (Å²) in [7, 11) is 0. The number of pyridine rings is 1. The van der Waals surface area contributed by atoms with Crippen LogP contribution in [0.5, 0.6) is 0 Å². The van der Waals surface area contributed by atoms with E-state index >= 15 is 0 Å². The zero-order chi connectivity index (χ0) is 13.2. The Bertz CT molecular complexity index is 705. The van der Waals surface area contributed by atoms with Crippen LogP contribution in [0.2, 0.25) is 0 Å². The van der Waals surface area contributed by atoms with E-state index < -0.39 is 5.95 Å². The lowest BCUT2D eigenvalue weighted by atomic mass is 10.0. The lowest BCUT2D eigenvalue weighted by Crippen LogP contribution is -1.86. The number of aromatic amines is 1. The van der Waals surface area contributed by atoms with Crippen LogP contribution in [0.3, 0.4) is 0 Å². The van der Waals surface area contributed by atoms with Crippen LogP contribution in [0, 0.1) is 11.8 Å². The monoisotopic (exact) mass is 257 g/mol. The fourth-order valence-corrected chi connectivity index (χ4v) is 1.91. The van der Waals surface area contributed by atoms with Crippen LogP contribution in [-0.2, 0) is 0 Å². The van der Waals surface area contributed by atoms with E-state index in [0.717, 1.165) is 11.1 Å². The molecule has 3 rings (SSSR count). The van der Waals surface area contributed by atoms with Gasteiger partial charge in [0.25, 0.3) is 0 Å². The molecule has 5 heteroatoms. The van der Waals surface area contributed by atoms with E-state index in [0.29, 0.717) is 11.3 Å². The topological polar surface area (TPSA) is 41.6 Å². The minimum absolute atomic E-state index is 0.309. The number of nitrogens with one attached hydrogen (secondary N) is 1. The van der Waals surface area contributed by atoms with E-state index in [2.05, 4.69) is 15.2 Å². The minimum Gasteiger partial charge on any atom is -0.284 e. The molecule has 0 radical (unpaired) electrons. The molecule has 0 aliphatic rings. The Balaban J connectivity index is 2.10. The minimum atomic E-state index is -0.552.